The SMILES string of the molecule is O=C(O)CCC(=O)N1NC2=C(CCC/C2=C\c2cccs2)[C@@H]1c1cccs1. The van der Waals surface area contributed by atoms with Gasteiger partial charge in [-0.1, -0.05) is 12.1 Å². The zero-order chi connectivity index (χ0) is 18.8. The summed E-state index contributed by atoms with van der Waals surface area (Å²) in [6, 6.07) is 8.01. The minimum atomic E-state index is -0.953. The number of allylic oxidation sites excluding steroid dienone is 1. The lowest BCUT2D eigenvalue weighted by Gasteiger charge is -2.25. The van der Waals surface area contributed by atoms with Gasteiger partial charge in [0.25, 0.3) is 0 Å². The number of hydrazine groups is 1. The van der Waals surface area contributed by atoms with Gasteiger partial charge < -0.3 is 5.11 Å². The van der Waals surface area contributed by atoms with E-state index in [9.17, 15) is 9.59 Å². The second-order valence-electron chi connectivity index (χ2n) is 6.63. The highest BCUT2D eigenvalue weighted by Gasteiger charge is 2.39. The summed E-state index contributed by atoms with van der Waals surface area (Å²) in [6.07, 6.45) is 5.00. The van der Waals surface area contributed by atoms with Crippen LogP contribution in [0.25, 0.3) is 6.08 Å². The third-order valence-corrected chi connectivity index (χ3v) is 6.59. The first-order chi connectivity index (χ1) is 13.1. The van der Waals surface area contributed by atoms with Gasteiger partial charge in [0.15, 0.2) is 0 Å². The number of carbonyl (C=O) groups is 2. The summed E-state index contributed by atoms with van der Waals surface area (Å²) in [6.45, 7) is 0. The van der Waals surface area contributed by atoms with Crippen molar-refractivity contribution in [2.24, 2.45) is 0 Å². The van der Waals surface area contributed by atoms with Crippen molar-refractivity contribution in [1.82, 2.24) is 10.4 Å². The van der Waals surface area contributed by atoms with Gasteiger partial charge in [0.05, 0.1) is 12.1 Å². The van der Waals surface area contributed by atoms with E-state index in [1.165, 1.54) is 16.0 Å². The van der Waals surface area contributed by atoms with Crippen LogP contribution in [-0.2, 0) is 9.59 Å². The summed E-state index contributed by atoms with van der Waals surface area (Å²) < 4.78 is 0. The van der Waals surface area contributed by atoms with Crippen molar-refractivity contribution >= 4 is 40.6 Å². The van der Waals surface area contributed by atoms with Crippen LogP contribution < -0.4 is 5.43 Å². The van der Waals surface area contributed by atoms with E-state index in [1.54, 1.807) is 27.7 Å². The van der Waals surface area contributed by atoms with Gasteiger partial charge in [-0.2, -0.15) is 0 Å². The van der Waals surface area contributed by atoms with Crippen molar-refractivity contribution in [2.45, 2.75) is 38.1 Å². The number of nitrogens with zero attached hydrogens (tertiary/aromatic N) is 1. The maximum atomic E-state index is 12.8. The molecule has 0 saturated carbocycles. The number of carboxylic acid groups (broad SMARTS) is 1. The number of amides is 1. The lowest BCUT2D eigenvalue weighted by atomic mass is 9.88. The quantitative estimate of drug-likeness (QED) is 0.771. The predicted molar refractivity (Wildman–Crippen MR) is 107 cm³/mol. The molecule has 1 amide bonds. The fraction of sp³-hybridized carbons (Fsp3) is 0.300. The highest BCUT2D eigenvalue weighted by Crippen LogP contribution is 2.45. The molecule has 3 heterocycles. The lowest BCUT2D eigenvalue weighted by molar-refractivity contribution is -0.142. The lowest BCUT2D eigenvalue weighted by Crippen LogP contribution is -2.40. The Bertz CT molecular complexity index is 898. The van der Waals surface area contributed by atoms with Gasteiger partial charge in [-0.25, -0.2) is 5.01 Å². The molecule has 0 saturated heterocycles. The average Bonchev–Trinajstić information content (AvgIpc) is 3.39. The molecular weight excluding hydrogens is 380 g/mol. The van der Waals surface area contributed by atoms with E-state index >= 15 is 0 Å². The number of hydrogen-bond acceptors (Lipinski definition) is 5. The molecule has 2 aromatic rings. The minimum Gasteiger partial charge on any atom is -0.481 e. The summed E-state index contributed by atoms with van der Waals surface area (Å²) in [4.78, 5) is 26.0. The molecule has 0 spiro atoms. The van der Waals surface area contributed by atoms with Crippen LogP contribution in [0.3, 0.4) is 0 Å². The summed E-state index contributed by atoms with van der Waals surface area (Å²) in [5, 5.41) is 14.7. The molecule has 0 fully saturated rings. The summed E-state index contributed by atoms with van der Waals surface area (Å²) in [5.41, 5.74) is 6.82. The number of carbonyl (C=O) groups excluding carboxylic acids is 1. The van der Waals surface area contributed by atoms with E-state index in [1.807, 2.05) is 23.6 Å². The van der Waals surface area contributed by atoms with Gasteiger partial charge in [-0.05, 0) is 59.4 Å². The first kappa shape index (κ1) is 18.0. The molecule has 2 aliphatic rings. The number of carboxylic acids is 1. The normalized spacial score (nSPS) is 20.7. The number of aliphatic carboxylic acids is 1. The van der Waals surface area contributed by atoms with Gasteiger partial charge in [-0.3, -0.25) is 15.0 Å². The molecule has 1 atom stereocenters. The van der Waals surface area contributed by atoms with Gasteiger partial charge in [0, 0.05) is 16.2 Å². The third kappa shape index (κ3) is 3.70. The number of thiophene rings is 2. The van der Waals surface area contributed by atoms with Crippen LogP contribution >= 0.6 is 22.7 Å². The van der Waals surface area contributed by atoms with Crippen LogP contribution in [0, 0.1) is 0 Å². The molecule has 0 aromatic carbocycles. The van der Waals surface area contributed by atoms with Crippen LogP contribution in [0.5, 0.6) is 0 Å². The Kier molecular flexibility index (Phi) is 5.13. The molecule has 7 heteroatoms. The van der Waals surface area contributed by atoms with Crippen molar-refractivity contribution in [1.29, 1.82) is 0 Å². The zero-order valence-electron chi connectivity index (χ0n) is 14.7. The van der Waals surface area contributed by atoms with Crippen LogP contribution in [0.15, 0.2) is 51.9 Å². The van der Waals surface area contributed by atoms with E-state index in [2.05, 4.69) is 22.9 Å². The Labute approximate surface area is 165 Å². The van der Waals surface area contributed by atoms with E-state index < -0.39 is 5.97 Å². The van der Waals surface area contributed by atoms with E-state index in [0.29, 0.717) is 0 Å². The van der Waals surface area contributed by atoms with Crippen LogP contribution in [0.2, 0.25) is 0 Å². The molecule has 5 nitrogen and oxygen atoms in total. The molecule has 2 N–H and O–H groups in total. The van der Waals surface area contributed by atoms with Crippen molar-refractivity contribution in [3.05, 3.63) is 61.6 Å². The molecular formula is C20H20N2O3S2. The van der Waals surface area contributed by atoms with Gasteiger partial charge in [0.1, 0.15) is 6.04 Å². The number of rotatable bonds is 5. The molecule has 2 aromatic heterocycles. The fourth-order valence-electron chi connectivity index (χ4n) is 3.66. The molecule has 0 unspecified atom stereocenters. The maximum absolute atomic E-state index is 12.8. The van der Waals surface area contributed by atoms with E-state index in [-0.39, 0.29) is 24.8 Å². The predicted octanol–water partition coefficient (Wildman–Crippen LogP) is 4.58. The molecule has 4 rings (SSSR count). The highest BCUT2D eigenvalue weighted by molar-refractivity contribution is 7.10. The Balaban J connectivity index is 1.68. The van der Waals surface area contributed by atoms with Crippen LogP contribution in [0.1, 0.15) is 47.9 Å². The third-order valence-electron chi connectivity index (χ3n) is 4.85. The topological polar surface area (TPSA) is 69.6 Å². The molecule has 140 valence electrons. The zero-order valence-corrected chi connectivity index (χ0v) is 16.3. The van der Waals surface area contributed by atoms with E-state index in [4.69, 9.17) is 5.11 Å². The Morgan fingerprint density at radius 2 is 2.00 bits per heavy atom. The monoisotopic (exact) mass is 400 g/mol. The van der Waals surface area contributed by atoms with Crippen molar-refractivity contribution in [3.63, 3.8) is 0 Å². The molecule has 1 aliphatic heterocycles. The fourth-order valence-corrected chi connectivity index (χ4v) is 5.19. The largest absolute Gasteiger partial charge is 0.481 e. The van der Waals surface area contributed by atoms with Gasteiger partial charge >= 0.3 is 5.97 Å². The Morgan fingerprint density at radius 1 is 1.19 bits per heavy atom. The summed E-state index contributed by atoms with van der Waals surface area (Å²) in [5.74, 6) is -1.13. The van der Waals surface area contributed by atoms with Gasteiger partial charge in [-0.15, -0.1) is 22.7 Å². The standard InChI is InChI=1S/C20H20N2O3S2/c23-17(8-9-18(24)25)22-20(16-7-3-11-27-16)15-6-1-4-13(19(15)21-22)12-14-5-2-10-26-14/h2-3,5,7,10-12,20-21H,1,4,6,8-9H2,(H,24,25)/b13-12+/t20-/m1/s1. The average molecular weight is 401 g/mol. The Morgan fingerprint density at radius 3 is 2.70 bits per heavy atom. The van der Waals surface area contributed by atoms with Crippen molar-refractivity contribution < 1.29 is 14.7 Å². The van der Waals surface area contributed by atoms with E-state index in [0.717, 1.165) is 29.8 Å². The van der Waals surface area contributed by atoms with Crippen molar-refractivity contribution in [2.75, 3.05) is 0 Å². The molecule has 1 aliphatic carbocycles. The van der Waals surface area contributed by atoms with Crippen LogP contribution in [0.4, 0.5) is 0 Å². The van der Waals surface area contributed by atoms with Gasteiger partial charge in [0.2, 0.25) is 5.91 Å². The number of nitrogens with one attached hydrogen (secondary N) is 1. The summed E-state index contributed by atoms with van der Waals surface area (Å²) in [7, 11) is 0. The van der Waals surface area contributed by atoms with Crippen molar-refractivity contribution in [3.8, 4) is 0 Å². The smallest absolute Gasteiger partial charge is 0.303 e. The Hall–Kier alpha value is -2.38. The second kappa shape index (κ2) is 7.70. The van der Waals surface area contributed by atoms with Crippen LogP contribution in [-0.4, -0.2) is 22.0 Å². The molecule has 0 bridgehead atoms. The molecule has 27 heavy (non-hydrogen) atoms. The molecule has 0 radical (unpaired) electrons. The number of hydrogen-bond donors (Lipinski definition) is 2. The second-order valence-corrected chi connectivity index (χ2v) is 8.58. The summed E-state index contributed by atoms with van der Waals surface area (Å²) >= 11 is 3.32. The first-order valence-corrected chi connectivity index (χ1v) is 10.7. The first-order valence-electron chi connectivity index (χ1n) is 8.95. The maximum Gasteiger partial charge on any atom is 0.303 e. The minimum absolute atomic E-state index is 0.00522. The highest BCUT2D eigenvalue weighted by atomic mass is 32.1.